The quantitative estimate of drug-likeness (QED) is 0.184. The molecule has 0 amide bonds. The van der Waals surface area contributed by atoms with Crippen molar-refractivity contribution in [3.8, 4) is 45.5 Å². The molecule has 0 N–H and O–H groups in total. The molecule has 0 fully saturated rings. The lowest BCUT2D eigenvalue weighted by molar-refractivity contribution is 0.486. The number of rotatable bonds is 2. The van der Waals surface area contributed by atoms with E-state index in [2.05, 4.69) is 144 Å². The fourth-order valence-corrected chi connectivity index (χ4v) is 9.40. The van der Waals surface area contributed by atoms with Crippen molar-refractivity contribution in [2.75, 3.05) is 0 Å². The highest BCUT2D eigenvalue weighted by Crippen LogP contribution is 2.58. The first-order valence-corrected chi connectivity index (χ1v) is 17.9. The molecule has 0 bridgehead atoms. The van der Waals surface area contributed by atoms with Gasteiger partial charge in [0.2, 0.25) is 5.95 Å². The Morgan fingerprint density at radius 3 is 1.98 bits per heavy atom. The zero-order valence-electron chi connectivity index (χ0n) is 28.6. The van der Waals surface area contributed by atoms with E-state index in [1.165, 1.54) is 49.3 Å². The van der Waals surface area contributed by atoms with Gasteiger partial charge in [0, 0.05) is 38.2 Å². The Kier molecular flexibility index (Phi) is 5.25. The van der Waals surface area contributed by atoms with Gasteiger partial charge in [0.05, 0.1) is 38.7 Å². The van der Waals surface area contributed by atoms with E-state index in [0.29, 0.717) is 5.95 Å². The van der Waals surface area contributed by atoms with E-state index in [1.807, 2.05) is 24.3 Å². The molecule has 5 nitrogen and oxygen atoms in total. The molecule has 4 heterocycles. The van der Waals surface area contributed by atoms with E-state index in [9.17, 15) is 0 Å². The fraction of sp³-hybridized carbons (Fsp3) is 0.0638. The molecular formula is C47H30N4O. The summed E-state index contributed by atoms with van der Waals surface area (Å²) in [6.07, 6.45) is 0. The highest BCUT2D eigenvalue weighted by atomic mass is 16.5. The summed E-state index contributed by atoms with van der Waals surface area (Å²) in [5.74, 6) is 2.23. The summed E-state index contributed by atoms with van der Waals surface area (Å²) in [4.78, 5) is 10.9. The van der Waals surface area contributed by atoms with E-state index < -0.39 is 0 Å². The van der Waals surface area contributed by atoms with Crippen molar-refractivity contribution >= 4 is 54.5 Å². The molecule has 2 aliphatic rings. The summed E-state index contributed by atoms with van der Waals surface area (Å²) in [5.41, 5.74) is 13.4. The SMILES string of the molecule is CC1(C)c2ccccc2-c2c1c1c3ccccc3n(-c3nc4c5c(cccc5n3)Oc3ccccc3-4)c1c1c2c2ccccc2n1-c1ccccc1. The van der Waals surface area contributed by atoms with Gasteiger partial charge in [0.25, 0.3) is 0 Å². The van der Waals surface area contributed by atoms with Gasteiger partial charge in [-0.2, -0.15) is 0 Å². The van der Waals surface area contributed by atoms with Gasteiger partial charge in [-0.1, -0.05) is 111 Å². The van der Waals surface area contributed by atoms with Gasteiger partial charge in [-0.25, -0.2) is 9.97 Å². The summed E-state index contributed by atoms with van der Waals surface area (Å²) < 4.78 is 11.2. The third-order valence-corrected chi connectivity index (χ3v) is 11.5. The summed E-state index contributed by atoms with van der Waals surface area (Å²) >= 11 is 0. The molecule has 1 aliphatic carbocycles. The number of hydrogen-bond donors (Lipinski definition) is 0. The van der Waals surface area contributed by atoms with Gasteiger partial charge < -0.3 is 9.30 Å². The van der Waals surface area contributed by atoms with E-state index >= 15 is 0 Å². The first-order valence-electron chi connectivity index (χ1n) is 17.9. The van der Waals surface area contributed by atoms with Crippen LogP contribution in [-0.2, 0) is 5.41 Å². The van der Waals surface area contributed by atoms with Gasteiger partial charge in [-0.3, -0.25) is 4.57 Å². The Hall–Kier alpha value is -6.72. The van der Waals surface area contributed by atoms with Crippen LogP contribution in [0, 0.1) is 0 Å². The van der Waals surface area contributed by atoms with Crippen LogP contribution in [0.5, 0.6) is 11.5 Å². The predicted molar refractivity (Wildman–Crippen MR) is 211 cm³/mol. The lowest BCUT2D eigenvalue weighted by Gasteiger charge is -2.23. The maximum Gasteiger partial charge on any atom is 0.235 e. The van der Waals surface area contributed by atoms with Crippen LogP contribution in [0.4, 0.5) is 0 Å². The normalized spacial score (nSPS) is 13.9. The molecule has 5 heteroatoms. The van der Waals surface area contributed by atoms with Crippen molar-refractivity contribution < 1.29 is 4.74 Å². The van der Waals surface area contributed by atoms with Gasteiger partial charge in [0.1, 0.15) is 11.5 Å². The monoisotopic (exact) mass is 666 g/mol. The van der Waals surface area contributed by atoms with Crippen LogP contribution >= 0.6 is 0 Å². The number of fused-ring (bicyclic) bond motifs is 14. The molecule has 0 unspecified atom stereocenters. The van der Waals surface area contributed by atoms with Crippen LogP contribution in [0.15, 0.2) is 146 Å². The van der Waals surface area contributed by atoms with Crippen molar-refractivity contribution in [1.82, 2.24) is 19.1 Å². The number of benzene rings is 7. The maximum atomic E-state index is 6.39. The molecule has 244 valence electrons. The van der Waals surface area contributed by atoms with E-state index in [0.717, 1.165) is 55.9 Å². The molecular weight excluding hydrogens is 637 g/mol. The minimum atomic E-state index is -0.259. The van der Waals surface area contributed by atoms with Gasteiger partial charge in [0.15, 0.2) is 0 Å². The minimum absolute atomic E-state index is 0.259. The van der Waals surface area contributed by atoms with Crippen molar-refractivity contribution in [3.63, 3.8) is 0 Å². The van der Waals surface area contributed by atoms with Crippen LogP contribution in [-0.4, -0.2) is 19.1 Å². The van der Waals surface area contributed by atoms with Crippen molar-refractivity contribution in [2.45, 2.75) is 19.3 Å². The summed E-state index contributed by atoms with van der Waals surface area (Å²) in [6, 6.07) is 51.7. The minimum Gasteiger partial charge on any atom is -0.456 e. The third kappa shape index (κ3) is 3.38. The van der Waals surface area contributed by atoms with Gasteiger partial charge >= 0.3 is 0 Å². The lowest BCUT2D eigenvalue weighted by Crippen LogP contribution is -2.15. The molecule has 52 heavy (non-hydrogen) atoms. The number of para-hydroxylation sites is 4. The third-order valence-electron chi connectivity index (χ3n) is 11.5. The molecule has 1 aliphatic heterocycles. The van der Waals surface area contributed by atoms with Crippen molar-refractivity contribution in [2.24, 2.45) is 0 Å². The number of hydrogen-bond acceptors (Lipinski definition) is 3. The molecule has 0 radical (unpaired) electrons. The molecule has 0 saturated heterocycles. The molecule has 3 aromatic heterocycles. The van der Waals surface area contributed by atoms with Crippen LogP contribution in [0.25, 0.3) is 88.5 Å². The second kappa shape index (κ2) is 9.74. The average molecular weight is 667 g/mol. The van der Waals surface area contributed by atoms with E-state index in [1.54, 1.807) is 0 Å². The number of nitrogens with zero attached hydrogens (tertiary/aromatic N) is 4. The topological polar surface area (TPSA) is 44.9 Å². The Bertz CT molecular complexity index is 3180. The van der Waals surface area contributed by atoms with Crippen molar-refractivity contribution in [3.05, 3.63) is 157 Å². The second-order valence-electron chi connectivity index (χ2n) is 14.5. The molecule has 0 atom stereocenters. The number of aromatic nitrogens is 4. The van der Waals surface area contributed by atoms with Crippen LogP contribution < -0.4 is 4.74 Å². The smallest absolute Gasteiger partial charge is 0.235 e. The van der Waals surface area contributed by atoms with Crippen LogP contribution in [0.3, 0.4) is 0 Å². The second-order valence-corrected chi connectivity index (χ2v) is 14.5. The summed E-state index contributed by atoms with van der Waals surface area (Å²) in [7, 11) is 0. The maximum absolute atomic E-state index is 6.39. The molecule has 10 aromatic rings. The molecule has 12 rings (SSSR count). The van der Waals surface area contributed by atoms with Gasteiger partial charge in [-0.05, 0) is 70.8 Å². The average Bonchev–Trinajstić information content (AvgIpc) is 3.79. The Morgan fingerprint density at radius 2 is 1.15 bits per heavy atom. The standard InChI is InChI=1S/C47H30N4O/c1-47(2)32-21-10-6-17-28(32)38-39-29-18-7-11-23-34(29)50(27-15-4-3-5-16-27)44(39)45-40(42(38)47)30-19-8-12-24-35(30)51(45)46-48-33-22-14-26-37-41(33)43(49-46)31-20-9-13-25-36(31)52-37/h3-26H,1-2H3. The highest BCUT2D eigenvalue weighted by Gasteiger charge is 2.41. The first kappa shape index (κ1) is 28.0. The van der Waals surface area contributed by atoms with E-state index in [-0.39, 0.29) is 5.41 Å². The molecule has 0 spiro atoms. The Labute approximate surface area is 299 Å². The zero-order chi connectivity index (χ0) is 34.3. The predicted octanol–water partition coefficient (Wildman–Crippen LogP) is 11.9. The summed E-state index contributed by atoms with van der Waals surface area (Å²) in [5, 5.41) is 5.86. The first-order chi connectivity index (χ1) is 25.6. The van der Waals surface area contributed by atoms with E-state index in [4.69, 9.17) is 14.7 Å². The highest BCUT2D eigenvalue weighted by molar-refractivity contribution is 6.31. The largest absolute Gasteiger partial charge is 0.456 e. The lowest BCUT2D eigenvalue weighted by atomic mass is 9.80. The summed E-state index contributed by atoms with van der Waals surface area (Å²) in [6.45, 7) is 4.78. The van der Waals surface area contributed by atoms with Crippen molar-refractivity contribution in [1.29, 1.82) is 0 Å². The Morgan fingerprint density at radius 1 is 0.519 bits per heavy atom. The molecule has 0 saturated carbocycles. The fourth-order valence-electron chi connectivity index (χ4n) is 9.40. The van der Waals surface area contributed by atoms with Gasteiger partial charge in [-0.15, -0.1) is 0 Å². The van der Waals surface area contributed by atoms with Crippen LogP contribution in [0.1, 0.15) is 25.0 Å². The molecule has 7 aromatic carbocycles. The zero-order valence-corrected chi connectivity index (χ0v) is 28.6. The Balaban J connectivity index is 1.37. The number of ether oxygens (including phenoxy) is 1. The van der Waals surface area contributed by atoms with Crippen LogP contribution in [0.2, 0.25) is 0 Å².